The summed E-state index contributed by atoms with van der Waals surface area (Å²) in [6, 6.07) is 17.1. The van der Waals surface area contributed by atoms with E-state index in [9.17, 15) is 4.79 Å². The maximum Gasteiger partial charge on any atom is 0.260 e. The highest BCUT2D eigenvalue weighted by Gasteiger charge is 2.26. The Morgan fingerprint density at radius 2 is 1.77 bits per heavy atom. The molecule has 2 fully saturated rings. The number of carbonyl (C=O) groups excluding carboxylic acids is 1. The van der Waals surface area contributed by atoms with E-state index in [0.717, 1.165) is 67.4 Å². The number of anilines is 1. The van der Waals surface area contributed by atoms with E-state index in [0.29, 0.717) is 30.4 Å². The first-order valence-corrected chi connectivity index (χ1v) is 13.8. The first kappa shape index (κ1) is 25.6. The highest BCUT2D eigenvalue weighted by Crippen LogP contribution is 2.31. The molecule has 0 N–H and O–H groups in total. The van der Waals surface area contributed by atoms with E-state index in [1.807, 2.05) is 46.1 Å². The Balaban J connectivity index is 1.24. The van der Waals surface area contributed by atoms with Crippen LogP contribution >= 0.6 is 11.6 Å². The summed E-state index contributed by atoms with van der Waals surface area (Å²) in [5, 5.41) is 6.26. The molecule has 2 aliphatic rings. The van der Waals surface area contributed by atoms with Crippen LogP contribution < -0.4 is 9.64 Å². The van der Waals surface area contributed by atoms with Crippen molar-refractivity contribution in [3.8, 4) is 11.4 Å². The minimum absolute atomic E-state index is 0.00285. The molecule has 0 bridgehead atoms. The monoisotopic (exact) mass is 546 g/mol. The summed E-state index contributed by atoms with van der Waals surface area (Å²) in [5.41, 5.74) is 1.77. The van der Waals surface area contributed by atoms with E-state index in [4.69, 9.17) is 36.1 Å². The van der Waals surface area contributed by atoms with Crippen molar-refractivity contribution in [2.45, 2.75) is 25.2 Å². The summed E-state index contributed by atoms with van der Waals surface area (Å²) in [7, 11) is 0. The Kier molecular flexibility index (Phi) is 7.60. The molecule has 0 unspecified atom stereocenters. The molecule has 0 saturated carbocycles. The van der Waals surface area contributed by atoms with Gasteiger partial charge < -0.3 is 19.3 Å². The van der Waals surface area contributed by atoms with Gasteiger partial charge in [-0.25, -0.2) is 14.6 Å². The molecule has 6 rings (SSSR count). The highest BCUT2D eigenvalue weighted by molar-refractivity contribution is 6.30. The van der Waals surface area contributed by atoms with Crippen molar-refractivity contribution >= 4 is 34.4 Å². The lowest BCUT2D eigenvalue weighted by Gasteiger charge is -2.26. The van der Waals surface area contributed by atoms with Crippen LogP contribution in [0, 0.1) is 0 Å². The lowest BCUT2D eigenvalue weighted by Crippen LogP contribution is -2.38. The quantitative estimate of drug-likeness (QED) is 0.352. The van der Waals surface area contributed by atoms with Crippen molar-refractivity contribution in [1.82, 2.24) is 24.6 Å². The van der Waals surface area contributed by atoms with E-state index in [1.165, 1.54) is 0 Å². The molecule has 2 saturated heterocycles. The van der Waals surface area contributed by atoms with Gasteiger partial charge in [0, 0.05) is 50.3 Å². The Hall–Kier alpha value is -3.69. The smallest absolute Gasteiger partial charge is 0.260 e. The van der Waals surface area contributed by atoms with Crippen LogP contribution in [0.3, 0.4) is 0 Å². The number of para-hydroxylation sites is 1. The van der Waals surface area contributed by atoms with Crippen LogP contribution in [-0.4, -0.2) is 76.6 Å². The number of benzene rings is 2. The molecule has 4 aromatic rings. The summed E-state index contributed by atoms with van der Waals surface area (Å²) in [5.74, 6) is 2.57. The molecule has 4 heterocycles. The number of aromatic nitrogens is 4. The Morgan fingerprint density at radius 3 is 2.56 bits per heavy atom. The van der Waals surface area contributed by atoms with Crippen molar-refractivity contribution < 1.29 is 14.3 Å². The Bertz CT molecular complexity index is 1420. The van der Waals surface area contributed by atoms with E-state index >= 15 is 0 Å². The average Bonchev–Trinajstić information content (AvgIpc) is 3.26. The third-order valence-corrected chi connectivity index (χ3v) is 7.59. The maximum absolute atomic E-state index is 13.0. The van der Waals surface area contributed by atoms with Crippen LogP contribution in [0.25, 0.3) is 16.7 Å². The second-order valence-electron chi connectivity index (χ2n) is 9.89. The predicted octanol–water partition coefficient (Wildman–Crippen LogP) is 4.48. The minimum atomic E-state index is -0.0283. The van der Waals surface area contributed by atoms with Crippen molar-refractivity contribution in [3.05, 3.63) is 71.6 Å². The minimum Gasteiger partial charge on any atom is -0.484 e. The van der Waals surface area contributed by atoms with Crippen LogP contribution in [0.2, 0.25) is 5.02 Å². The fourth-order valence-electron chi connectivity index (χ4n) is 5.19. The molecule has 2 aliphatic heterocycles. The number of carbonyl (C=O) groups is 1. The van der Waals surface area contributed by atoms with Crippen molar-refractivity contribution in [2.75, 3.05) is 50.9 Å². The van der Waals surface area contributed by atoms with Gasteiger partial charge in [-0.05, 0) is 55.7 Å². The molecule has 39 heavy (non-hydrogen) atoms. The summed E-state index contributed by atoms with van der Waals surface area (Å²) in [6.07, 6.45) is 4.50. The van der Waals surface area contributed by atoms with Gasteiger partial charge in [-0.1, -0.05) is 29.8 Å². The number of amides is 1. The van der Waals surface area contributed by atoms with Crippen molar-refractivity contribution in [1.29, 1.82) is 0 Å². The fourth-order valence-corrected chi connectivity index (χ4v) is 5.32. The molecule has 0 radical (unpaired) electrons. The van der Waals surface area contributed by atoms with E-state index in [1.54, 1.807) is 24.3 Å². The van der Waals surface area contributed by atoms with E-state index in [-0.39, 0.29) is 18.4 Å². The van der Waals surface area contributed by atoms with Crippen LogP contribution in [0.5, 0.6) is 5.75 Å². The molecule has 2 aromatic heterocycles. The third kappa shape index (κ3) is 5.69. The van der Waals surface area contributed by atoms with Gasteiger partial charge in [0.15, 0.2) is 12.3 Å². The summed E-state index contributed by atoms with van der Waals surface area (Å²) in [4.78, 5) is 27.3. The zero-order valence-electron chi connectivity index (χ0n) is 21.7. The summed E-state index contributed by atoms with van der Waals surface area (Å²) in [6.45, 7) is 4.16. The van der Waals surface area contributed by atoms with Crippen LogP contribution in [0.15, 0.2) is 60.8 Å². The molecular formula is C29H31ClN6O3. The van der Waals surface area contributed by atoms with Crippen LogP contribution in [0.1, 0.15) is 31.0 Å². The Morgan fingerprint density at radius 1 is 0.974 bits per heavy atom. The fraction of sp³-hybridized carbons (Fsp3) is 0.379. The van der Waals surface area contributed by atoms with Gasteiger partial charge in [0.05, 0.1) is 17.3 Å². The number of fused-ring (bicyclic) bond motifs is 1. The van der Waals surface area contributed by atoms with Gasteiger partial charge in [-0.15, -0.1) is 0 Å². The van der Waals surface area contributed by atoms with Gasteiger partial charge in [0.25, 0.3) is 5.91 Å². The molecular weight excluding hydrogens is 516 g/mol. The molecule has 0 aliphatic carbocycles. The van der Waals surface area contributed by atoms with Crippen LogP contribution in [-0.2, 0) is 9.53 Å². The molecule has 10 heteroatoms. The highest BCUT2D eigenvalue weighted by atomic mass is 35.5. The molecule has 202 valence electrons. The number of rotatable bonds is 6. The van der Waals surface area contributed by atoms with Gasteiger partial charge >= 0.3 is 0 Å². The van der Waals surface area contributed by atoms with E-state index in [2.05, 4.69) is 4.90 Å². The third-order valence-electron chi connectivity index (χ3n) is 7.34. The molecule has 9 nitrogen and oxygen atoms in total. The number of hydrogen-bond donors (Lipinski definition) is 0. The second kappa shape index (κ2) is 11.6. The SMILES string of the molecule is O=C(COc1ccc(Cl)cc1)N1CCCN(c2nc(C3CCOCC3)nc3c2cnn3-c2ccccc2)CC1. The topological polar surface area (TPSA) is 85.6 Å². The lowest BCUT2D eigenvalue weighted by molar-refractivity contribution is -0.133. The molecule has 0 atom stereocenters. The van der Waals surface area contributed by atoms with Gasteiger partial charge in [-0.3, -0.25) is 4.79 Å². The average molecular weight is 547 g/mol. The lowest BCUT2D eigenvalue weighted by atomic mass is 9.99. The summed E-state index contributed by atoms with van der Waals surface area (Å²) >= 11 is 5.95. The zero-order chi connectivity index (χ0) is 26.6. The van der Waals surface area contributed by atoms with Crippen LogP contribution in [0.4, 0.5) is 5.82 Å². The van der Waals surface area contributed by atoms with Crippen molar-refractivity contribution in [2.24, 2.45) is 0 Å². The number of ether oxygens (including phenoxy) is 2. The number of hydrogen-bond acceptors (Lipinski definition) is 7. The molecule has 1 amide bonds. The first-order chi connectivity index (χ1) is 19.2. The standard InChI is InChI=1S/C29H31ClN6O3/c30-22-7-9-24(10-8-22)39-20-26(37)34-13-4-14-35(16-15-34)28-25-19-31-36(23-5-2-1-3-6-23)29(25)33-27(32-28)21-11-17-38-18-12-21/h1-3,5-10,19,21H,4,11-18,20H2. The van der Waals surface area contributed by atoms with Gasteiger partial charge in [0.2, 0.25) is 0 Å². The summed E-state index contributed by atoms with van der Waals surface area (Å²) < 4.78 is 13.2. The zero-order valence-corrected chi connectivity index (χ0v) is 22.5. The largest absolute Gasteiger partial charge is 0.484 e. The van der Waals surface area contributed by atoms with Crippen molar-refractivity contribution in [3.63, 3.8) is 0 Å². The first-order valence-electron chi connectivity index (χ1n) is 13.5. The normalized spacial score (nSPS) is 16.8. The van der Waals surface area contributed by atoms with E-state index < -0.39 is 0 Å². The number of nitrogens with zero attached hydrogens (tertiary/aromatic N) is 6. The second-order valence-corrected chi connectivity index (χ2v) is 10.3. The predicted molar refractivity (Wildman–Crippen MR) is 150 cm³/mol. The molecule has 2 aromatic carbocycles. The Labute approximate surface area is 232 Å². The number of halogens is 1. The maximum atomic E-state index is 13.0. The van der Waals surface area contributed by atoms with Gasteiger partial charge in [-0.2, -0.15) is 5.10 Å². The molecule has 0 spiro atoms. The van der Waals surface area contributed by atoms with Gasteiger partial charge in [0.1, 0.15) is 17.4 Å².